The van der Waals surface area contributed by atoms with Crippen LogP contribution in [0.1, 0.15) is 54.9 Å². The van der Waals surface area contributed by atoms with Crippen molar-refractivity contribution < 1.29 is 14.0 Å². The maximum absolute atomic E-state index is 14.0. The van der Waals surface area contributed by atoms with Crippen LogP contribution in [0.25, 0.3) is 0 Å². The molecule has 6 nitrogen and oxygen atoms in total. The van der Waals surface area contributed by atoms with Crippen molar-refractivity contribution in [2.45, 2.75) is 52.0 Å². The zero-order valence-electron chi connectivity index (χ0n) is 16.8. The molecule has 1 atom stereocenters. The fourth-order valence-electron chi connectivity index (χ4n) is 4.25. The lowest BCUT2D eigenvalue weighted by Gasteiger charge is -2.25. The fourth-order valence-corrected chi connectivity index (χ4v) is 4.25. The summed E-state index contributed by atoms with van der Waals surface area (Å²) in [6.45, 7) is 4.83. The maximum atomic E-state index is 14.0. The topological polar surface area (TPSA) is 66.4 Å². The van der Waals surface area contributed by atoms with E-state index in [2.05, 4.69) is 4.98 Å². The average Bonchev–Trinajstić information content (AvgIpc) is 3.32. The molecule has 29 heavy (non-hydrogen) atoms. The van der Waals surface area contributed by atoms with Gasteiger partial charge in [-0.25, -0.2) is 14.4 Å². The van der Waals surface area contributed by atoms with Crippen molar-refractivity contribution >= 4 is 17.6 Å². The number of fused-ring (bicyclic) bond motifs is 1. The van der Waals surface area contributed by atoms with Crippen molar-refractivity contribution in [3.8, 4) is 0 Å². The second-order valence-electron chi connectivity index (χ2n) is 7.63. The third-order valence-electron chi connectivity index (χ3n) is 5.83. The summed E-state index contributed by atoms with van der Waals surface area (Å²) in [6, 6.07) is 6.47. The Hall–Kier alpha value is -2.83. The van der Waals surface area contributed by atoms with Crippen molar-refractivity contribution in [2.75, 3.05) is 18.0 Å². The Labute approximate surface area is 169 Å². The van der Waals surface area contributed by atoms with Gasteiger partial charge in [0.1, 0.15) is 11.6 Å². The highest BCUT2D eigenvalue weighted by Crippen LogP contribution is 2.35. The number of hydrogen-bond donors (Lipinski definition) is 0. The van der Waals surface area contributed by atoms with Gasteiger partial charge in [-0.3, -0.25) is 14.5 Å². The first-order valence-electron chi connectivity index (χ1n) is 10.2. The van der Waals surface area contributed by atoms with E-state index in [-0.39, 0.29) is 30.1 Å². The molecule has 152 valence electrons. The molecule has 0 spiro atoms. The van der Waals surface area contributed by atoms with Crippen molar-refractivity contribution in [3.63, 3.8) is 0 Å². The normalized spacial score (nSPS) is 18.4. The highest BCUT2D eigenvalue weighted by Gasteiger charge is 2.35. The summed E-state index contributed by atoms with van der Waals surface area (Å²) in [5.74, 6) is 1.01. The number of rotatable bonds is 5. The van der Waals surface area contributed by atoms with Crippen LogP contribution in [0, 0.1) is 12.7 Å². The van der Waals surface area contributed by atoms with Crippen LogP contribution in [0.4, 0.5) is 10.2 Å². The van der Waals surface area contributed by atoms with Gasteiger partial charge in [-0.05, 0) is 37.8 Å². The van der Waals surface area contributed by atoms with Crippen LogP contribution in [0.3, 0.4) is 0 Å². The van der Waals surface area contributed by atoms with E-state index >= 15 is 0 Å². The lowest BCUT2D eigenvalue weighted by Crippen LogP contribution is -2.32. The molecule has 2 amide bonds. The molecule has 0 aliphatic carbocycles. The lowest BCUT2D eigenvalue weighted by molar-refractivity contribution is -0.131. The molecule has 0 saturated carbocycles. The van der Waals surface area contributed by atoms with Gasteiger partial charge in [-0.2, -0.15) is 0 Å². The third-order valence-corrected chi connectivity index (χ3v) is 5.83. The summed E-state index contributed by atoms with van der Waals surface area (Å²) in [5, 5.41) is 0. The molecule has 2 aliphatic heterocycles. The van der Waals surface area contributed by atoms with E-state index in [0.29, 0.717) is 43.1 Å². The number of aromatic nitrogens is 2. The second-order valence-corrected chi connectivity index (χ2v) is 7.63. The van der Waals surface area contributed by atoms with Crippen LogP contribution in [0.5, 0.6) is 0 Å². The number of likely N-dealkylation sites (tertiary alicyclic amines) is 1. The second kappa shape index (κ2) is 7.89. The molecule has 7 heteroatoms. The van der Waals surface area contributed by atoms with E-state index in [1.54, 1.807) is 23.1 Å². The van der Waals surface area contributed by atoms with Crippen LogP contribution in [-0.4, -0.2) is 39.8 Å². The van der Waals surface area contributed by atoms with Gasteiger partial charge in [0, 0.05) is 30.8 Å². The predicted molar refractivity (Wildman–Crippen MR) is 107 cm³/mol. The van der Waals surface area contributed by atoms with Gasteiger partial charge in [0.15, 0.2) is 5.82 Å². The molecule has 1 aromatic heterocycles. The fraction of sp³-hybridized carbons (Fsp3) is 0.455. The number of carbonyl (C=O) groups excluding carboxylic acids is 2. The highest BCUT2D eigenvalue weighted by molar-refractivity contribution is 6.00. The molecular formula is C22H25FN4O2. The van der Waals surface area contributed by atoms with Crippen LogP contribution < -0.4 is 4.90 Å². The van der Waals surface area contributed by atoms with Crippen LogP contribution >= 0.6 is 0 Å². The van der Waals surface area contributed by atoms with E-state index in [4.69, 9.17) is 4.98 Å². The molecular weight excluding hydrogens is 371 g/mol. The molecule has 0 radical (unpaired) electrons. The minimum absolute atomic E-state index is 0.0428. The minimum Gasteiger partial charge on any atom is -0.332 e. The number of amides is 2. The molecule has 3 heterocycles. The molecule has 1 aromatic carbocycles. The smallest absolute Gasteiger partial charge is 0.232 e. The number of hydrogen-bond acceptors (Lipinski definition) is 4. The largest absolute Gasteiger partial charge is 0.332 e. The van der Waals surface area contributed by atoms with E-state index in [1.807, 2.05) is 18.7 Å². The van der Waals surface area contributed by atoms with Crippen molar-refractivity contribution in [1.29, 1.82) is 0 Å². The first-order valence-corrected chi connectivity index (χ1v) is 10.2. The molecule has 0 unspecified atom stereocenters. The van der Waals surface area contributed by atoms with Crippen molar-refractivity contribution in [2.24, 2.45) is 0 Å². The van der Waals surface area contributed by atoms with Gasteiger partial charge >= 0.3 is 0 Å². The summed E-state index contributed by atoms with van der Waals surface area (Å²) in [6.07, 6.45) is 2.88. The van der Waals surface area contributed by atoms with E-state index in [0.717, 1.165) is 24.1 Å². The van der Waals surface area contributed by atoms with Gasteiger partial charge in [0.2, 0.25) is 11.8 Å². The standard InChI is InChI=1S/C22H25FN4O2/c1-3-19(28)26-11-6-9-18(26)21-24-14(2)16-13-20(29)27(22(16)25-21)12-10-15-7-4-5-8-17(15)23/h4-5,7-8,18H,3,6,9-13H2,1-2H3/t18-/m1/s1. The number of anilines is 1. The van der Waals surface area contributed by atoms with Crippen LogP contribution in [0.2, 0.25) is 0 Å². The van der Waals surface area contributed by atoms with E-state index in [1.165, 1.54) is 6.07 Å². The molecule has 4 rings (SSSR count). The predicted octanol–water partition coefficient (Wildman–Crippen LogP) is 3.13. The molecule has 0 bridgehead atoms. The van der Waals surface area contributed by atoms with Crippen molar-refractivity contribution in [1.82, 2.24) is 14.9 Å². The molecule has 2 aromatic rings. The van der Waals surface area contributed by atoms with Gasteiger partial charge in [-0.15, -0.1) is 0 Å². The maximum Gasteiger partial charge on any atom is 0.232 e. The molecule has 1 saturated heterocycles. The minimum atomic E-state index is -0.265. The van der Waals surface area contributed by atoms with E-state index in [9.17, 15) is 14.0 Å². The summed E-state index contributed by atoms with van der Waals surface area (Å²) in [7, 11) is 0. The molecule has 0 N–H and O–H groups in total. The molecule has 2 aliphatic rings. The third kappa shape index (κ3) is 3.61. The van der Waals surface area contributed by atoms with Gasteiger partial charge in [0.05, 0.1) is 12.5 Å². The Balaban J connectivity index is 1.62. The monoisotopic (exact) mass is 396 g/mol. The quantitative estimate of drug-likeness (QED) is 0.779. The zero-order valence-corrected chi connectivity index (χ0v) is 16.8. The number of benzene rings is 1. The SMILES string of the molecule is CCC(=O)N1CCC[C@@H]1c1nc(C)c2c(n1)N(CCc1ccccc1F)C(=O)C2. The number of nitrogens with zero attached hydrogens (tertiary/aromatic N) is 4. The lowest BCUT2D eigenvalue weighted by atomic mass is 10.1. The average molecular weight is 396 g/mol. The Morgan fingerprint density at radius 1 is 1.28 bits per heavy atom. The molecule has 1 fully saturated rings. The first kappa shape index (κ1) is 19.5. The van der Waals surface area contributed by atoms with Crippen LogP contribution in [-0.2, 0) is 22.4 Å². The van der Waals surface area contributed by atoms with Gasteiger partial charge in [0.25, 0.3) is 0 Å². The Morgan fingerprint density at radius 3 is 2.83 bits per heavy atom. The summed E-state index contributed by atoms with van der Waals surface area (Å²) in [4.78, 5) is 37.8. The number of carbonyl (C=O) groups is 2. The van der Waals surface area contributed by atoms with Crippen molar-refractivity contribution in [3.05, 3.63) is 52.7 Å². The van der Waals surface area contributed by atoms with E-state index < -0.39 is 0 Å². The van der Waals surface area contributed by atoms with Crippen LogP contribution in [0.15, 0.2) is 24.3 Å². The summed E-state index contributed by atoms with van der Waals surface area (Å²) in [5.41, 5.74) is 2.19. The Kier molecular flexibility index (Phi) is 5.30. The van der Waals surface area contributed by atoms with Gasteiger partial charge in [-0.1, -0.05) is 25.1 Å². The Morgan fingerprint density at radius 2 is 2.07 bits per heavy atom. The first-order chi connectivity index (χ1) is 14.0. The Bertz CT molecular complexity index is 962. The summed E-state index contributed by atoms with van der Waals surface area (Å²) < 4.78 is 14.0. The summed E-state index contributed by atoms with van der Waals surface area (Å²) >= 11 is 0. The zero-order chi connectivity index (χ0) is 20.5. The highest BCUT2D eigenvalue weighted by atomic mass is 19.1. The number of halogens is 1. The van der Waals surface area contributed by atoms with Gasteiger partial charge < -0.3 is 4.90 Å². The number of aryl methyl sites for hydroxylation is 1.